The van der Waals surface area contributed by atoms with Gasteiger partial charge in [0.2, 0.25) is 0 Å². The zero-order valence-corrected chi connectivity index (χ0v) is 17.5. The van der Waals surface area contributed by atoms with Gasteiger partial charge in [-0.05, 0) is 31.0 Å². The van der Waals surface area contributed by atoms with Gasteiger partial charge in [-0.3, -0.25) is 4.84 Å². The van der Waals surface area contributed by atoms with E-state index in [1.54, 1.807) is 25.2 Å². The summed E-state index contributed by atoms with van der Waals surface area (Å²) in [6.07, 6.45) is 4.04. The third kappa shape index (κ3) is 6.04. The van der Waals surface area contributed by atoms with Crippen molar-refractivity contribution in [1.82, 2.24) is 5.06 Å². The molecule has 2 heterocycles. The van der Waals surface area contributed by atoms with Crippen LogP contribution < -0.4 is 4.74 Å². The Hall–Kier alpha value is -2.42. The Labute approximate surface area is 176 Å². The summed E-state index contributed by atoms with van der Waals surface area (Å²) in [6.45, 7) is 3.71. The van der Waals surface area contributed by atoms with Crippen molar-refractivity contribution in [2.24, 2.45) is 0 Å². The van der Waals surface area contributed by atoms with E-state index in [0.29, 0.717) is 45.6 Å². The van der Waals surface area contributed by atoms with Crippen LogP contribution in [0.5, 0.6) is 5.75 Å². The Morgan fingerprint density at radius 1 is 1.27 bits per heavy atom. The molecule has 0 amide bonds. The van der Waals surface area contributed by atoms with E-state index in [-0.39, 0.29) is 18.1 Å². The monoisotopic (exact) mass is 419 g/mol. The maximum absolute atomic E-state index is 12.1. The number of hydrogen-bond donors (Lipinski definition) is 0. The predicted octanol–water partition coefficient (Wildman–Crippen LogP) is 2.41. The maximum Gasteiger partial charge on any atom is 0.337 e. The second-order valence-corrected chi connectivity index (χ2v) is 7.15. The summed E-state index contributed by atoms with van der Waals surface area (Å²) in [7, 11) is 1.63. The number of nitrogens with zero attached hydrogens (tertiary/aromatic N) is 1. The number of carbonyl (C=O) groups is 2. The minimum atomic E-state index is -0.616. The molecule has 1 aromatic carbocycles. The molecule has 0 aromatic heterocycles. The second kappa shape index (κ2) is 11.1. The van der Waals surface area contributed by atoms with Crippen LogP contribution in [0.25, 0.3) is 0 Å². The summed E-state index contributed by atoms with van der Waals surface area (Å²) >= 11 is 0. The van der Waals surface area contributed by atoms with Gasteiger partial charge in [0.1, 0.15) is 11.9 Å². The summed E-state index contributed by atoms with van der Waals surface area (Å²) in [6, 6.07) is 7.59. The number of rotatable bonds is 10. The van der Waals surface area contributed by atoms with Crippen LogP contribution in [0.2, 0.25) is 0 Å². The van der Waals surface area contributed by atoms with E-state index in [2.05, 4.69) is 0 Å². The molecule has 0 N–H and O–H groups in total. The smallest absolute Gasteiger partial charge is 0.337 e. The molecule has 0 spiro atoms. The lowest BCUT2D eigenvalue weighted by Gasteiger charge is -2.17. The van der Waals surface area contributed by atoms with Crippen molar-refractivity contribution < 1.29 is 33.4 Å². The van der Waals surface area contributed by atoms with Crippen LogP contribution in [-0.4, -0.2) is 62.1 Å². The van der Waals surface area contributed by atoms with Crippen molar-refractivity contribution in [2.45, 2.75) is 51.0 Å². The highest BCUT2D eigenvalue weighted by Crippen LogP contribution is 2.32. The molecular formula is C22H29NO7. The first kappa shape index (κ1) is 22.3. The lowest BCUT2D eigenvalue weighted by Crippen LogP contribution is -2.31. The molecule has 30 heavy (non-hydrogen) atoms. The molecule has 164 valence electrons. The third-order valence-corrected chi connectivity index (χ3v) is 5.08. The van der Waals surface area contributed by atoms with Crippen LogP contribution in [0.4, 0.5) is 0 Å². The van der Waals surface area contributed by atoms with E-state index in [1.807, 2.05) is 24.3 Å². The van der Waals surface area contributed by atoms with Gasteiger partial charge in [-0.15, -0.1) is 0 Å². The van der Waals surface area contributed by atoms with E-state index in [0.717, 1.165) is 11.3 Å². The zero-order valence-electron chi connectivity index (χ0n) is 17.5. The van der Waals surface area contributed by atoms with Crippen LogP contribution in [0, 0.1) is 0 Å². The van der Waals surface area contributed by atoms with Gasteiger partial charge in [0.25, 0.3) is 0 Å². The van der Waals surface area contributed by atoms with Gasteiger partial charge in [-0.2, -0.15) is 5.06 Å². The summed E-state index contributed by atoms with van der Waals surface area (Å²) in [5.74, 6) is 0.0502. The zero-order chi connectivity index (χ0) is 21.3. The summed E-state index contributed by atoms with van der Waals surface area (Å²) < 4.78 is 21.3. The molecule has 2 aliphatic rings. The fourth-order valence-corrected chi connectivity index (χ4v) is 3.57. The van der Waals surface area contributed by atoms with Crippen molar-refractivity contribution in [3.05, 3.63) is 42.0 Å². The van der Waals surface area contributed by atoms with Gasteiger partial charge >= 0.3 is 11.9 Å². The first-order chi connectivity index (χ1) is 14.6. The van der Waals surface area contributed by atoms with Crippen molar-refractivity contribution in [2.75, 3.05) is 26.9 Å². The lowest BCUT2D eigenvalue weighted by molar-refractivity contribution is -0.185. The summed E-state index contributed by atoms with van der Waals surface area (Å²) in [5.41, 5.74) is 1.06. The van der Waals surface area contributed by atoms with Crippen molar-refractivity contribution in [1.29, 1.82) is 0 Å². The molecule has 0 aliphatic carbocycles. The van der Waals surface area contributed by atoms with E-state index < -0.39 is 12.1 Å². The van der Waals surface area contributed by atoms with Crippen LogP contribution in [-0.2, 0) is 35.2 Å². The van der Waals surface area contributed by atoms with Gasteiger partial charge in [-0.25, -0.2) is 9.59 Å². The third-order valence-electron chi connectivity index (χ3n) is 5.08. The van der Waals surface area contributed by atoms with Gasteiger partial charge in [0.05, 0.1) is 33.0 Å². The molecule has 0 bridgehead atoms. The number of hydroxylamine groups is 2. The minimum Gasteiger partial charge on any atom is -0.497 e. The molecule has 8 heteroatoms. The van der Waals surface area contributed by atoms with Crippen LogP contribution >= 0.6 is 0 Å². The number of esters is 2. The standard InChI is InChI=1S/C22H29NO7/c1-3-28-22(25)20-14-18-19(11-12-23(18)30-20)29-21(24)6-4-5-13-27-15-16-7-9-17(26-2)10-8-16/h4,6-10,18-20H,3,5,11-15H2,1-2H3/b6-4+/t18-,19+,20-/m1/s1. The van der Waals surface area contributed by atoms with Crippen LogP contribution in [0.3, 0.4) is 0 Å². The number of ether oxygens (including phenoxy) is 4. The van der Waals surface area contributed by atoms with Gasteiger partial charge in [0.15, 0.2) is 6.10 Å². The molecule has 1 aromatic rings. The SMILES string of the molecule is CCOC(=O)[C@H]1C[C@@H]2[C@@H](OC(=O)/C=C/CCOCc3ccc(OC)cc3)CCN2O1. The highest BCUT2D eigenvalue weighted by atomic mass is 16.7. The number of benzene rings is 1. The Kier molecular flexibility index (Phi) is 8.24. The van der Waals surface area contributed by atoms with E-state index >= 15 is 0 Å². The molecular weight excluding hydrogens is 390 g/mol. The largest absolute Gasteiger partial charge is 0.497 e. The first-order valence-electron chi connectivity index (χ1n) is 10.3. The fourth-order valence-electron chi connectivity index (χ4n) is 3.57. The average molecular weight is 419 g/mol. The number of fused-ring (bicyclic) bond motifs is 1. The fraction of sp³-hybridized carbons (Fsp3) is 0.545. The molecule has 3 atom stereocenters. The Morgan fingerprint density at radius 3 is 2.80 bits per heavy atom. The second-order valence-electron chi connectivity index (χ2n) is 7.15. The minimum absolute atomic E-state index is 0.107. The quantitative estimate of drug-likeness (QED) is 0.325. The van der Waals surface area contributed by atoms with Gasteiger partial charge in [0, 0.05) is 25.5 Å². The van der Waals surface area contributed by atoms with E-state index in [9.17, 15) is 9.59 Å². The van der Waals surface area contributed by atoms with Gasteiger partial charge < -0.3 is 18.9 Å². The van der Waals surface area contributed by atoms with Crippen molar-refractivity contribution in [3.8, 4) is 5.75 Å². The molecule has 0 saturated carbocycles. The van der Waals surface area contributed by atoms with Crippen LogP contribution in [0.1, 0.15) is 31.7 Å². The highest BCUT2D eigenvalue weighted by Gasteiger charge is 2.47. The topological polar surface area (TPSA) is 83.5 Å². The molecule has 0 radical (unpaired) electrons. The number of hydrogen-bond acceptors (Lipinski definition) is 8. The lowest BCUT2D eigenvalue weighted by atomic mass is 10.1. The van der Waals surface area contributed by atoms with E-state index in [1.165, 1.54) is 6.08 Å². The van der Waals surface area contributed by atoms with Crippen molar-refractivity contribution in [3.63, 3.8) is 0 Å². The summed E-state index contributed by atoms with van der Waals surface area (Å²) in [4.78, 5) is 29.6. The van der Waals surface area contributed by atoms with Gasteiger partial charge in [-0.1, -0.05) is 18.2 Å². The first-order valence-corrected chi connectivity index (χ1v) is 10.3. The van der Waals surface area contributed by atoms with Crippen molar-refractivity contribution >= 4 is 11.9 Å². The van der Waals surface area contributed by atoms with E-state index in [4.69, 9.17) is 23.8 Å². The normalized spacial score (nSPS) is 23.5. The highest BCUT2D eigenvalue weighted by molar-refractivity contribution is 5.82. The Bertz CT molecular complexity index is 734. The molecule has 3 rings (SSSR count). The molecule has 2 fully saturated rings. The maximum atomic E-state index is 12.1. The molecule has 2 aliphatic heterocycles. The van der Waals surface area contributed by atoms with Crippen LogP contribution in [0.15, 0.2) is 36.4 Å². The molecule has 8 nitrogen and oxygen atoms in total. The predicted molar refractivity (Wildman–Crippen MR) is 108 cm³/mol. The Balaban J connectivity index is 1.33. The number of methoxy groups -OCH3 is 1. The molecule has 0 unspecified atom stereocenters. The average Bonchev–Trinajstić information content (AvgIpc) is 3.33. The summed E-state index contributed by atoms with van der Waals surface area (Å²) in [5, 5.41) is 1.73. The number of carbonyl (C=O) groups excluding carboxylic acids is 2. The molecule has 2 saturated heterocycles. The Morgan fingerprint density at radius 2 is 2.07 bits per heavy atom.